The molecule has 0 atom stereocenters. The second-order valence-corrected chi connectivity index (χ2v) is 7.84. The van der Waals surface area contributed by atoms with Crippen molar-refractivity contribution in [2.24, 2.45) is 11.3 Å². The third-order valence-corrected chi connectivity index (χ3v) is 5.13. The summed E-state index contributed by atoms with van der Waals surface area (Å²) in [5, 5.41) is 5.21. The van der Waals surface area contributed by atoms with Gasteiger partial charge in [0, 0.05) is 16.6 Å². The highest BCUT2D eigenvalue weighted by atomic mass is 35.5. The molecule has 0 heterocycles. The largest absolute Gasteiger partial charge is 0.316 e. The Balaban J connectivity index is 2.08. The van der Waals surface area contributed by atoms with Crippen LogP contribution in [-0.4, -0.2) is 13.1 Å². The number of benzene rings is 1. The van der Waals surface area contributed by atoms with E-state index in [9.17, 15) is 0 Å². The Bertz CT molecular complexity index is 451. The molecule has 1 aliphatic rings. The van der Waals surface area contributed by atoms with Crippen LogP contribution in [-0.2, 0) is 6.42 Å². The van der Waals surface area contributed by atoms with Crippen molar-refractivity contribution in [2.75, 3.05) is 13.1 Å². The molecule has 118 valence electrons. The first-order chi connectivity index (χ1) is 10.0. The minimum atomic E-state index is 0.366. The standard InChI is InChI=1S/C18H27Cl2N/c1-14(2)12-21-13-18(8-4-3-5-9-18)11-15-6-7-16(19)10-17(15)20/h6-7,10,14,21H,3-5,8-9,11-13H2,1-2H3. The van der Waals surface area contributed by atoms with Gasteiger partial charge < -0.3 is 5.32 Å². The molecule has 0 bridgehead atoms. The molecular weight excluding hydrogens is 301 g/mol. The van der Waals surface area contributed by atoms with Crippen molar-refractivity contribution in [1.82, 2.24) is 5.32 Å². The van der Waals surface area contributed by atoms with Crippen LogP contribution in [0.15, 0.2) is 18.2 Å². The summed E-state index contributed by atoms with van der Waals surface area (Å²) in [4.78, 5) is 0. The van der Waals surface area contributed by atoms with Crippen LogP contribution in [0.25, 0.3) is 0 Å². The molecule has 1 N–H and O–H groups in total. The Morgan fingerprint density at radius 3 is 2.48 bits per heavy atom. The van der Waals surface area contributed by atoms with E-state index in [0.717, 1.165) is 29.6 Å². The summed E-state index contributed by atoms with van der Waals surface area (Å²) in [7, 11) is 0. The highest BCUT2D eigenvalue weighted by Crippen LogP contribution is 2.40. The molecule has 21 heavy (non-hydrogen) atoms. The average molecular weight is 328 g/mol. The van der Waals surface area contributed by atoms with E-state index < -0.39 is 0 Å². The van der Waals surface area contributed by atoms with E-state index in [-0.39, 0.29) is 0 Å². The Hall–Kier alpha value is -0.240. The lowest BCUT2D eigenvalue weighted by Crippen LogP contribution is -2.39. The van der Waals surface area contributed by atoms with Crippen LogP contribution in [0.2, 0.25) is 10.0 Å². The summed E-state index contributed by atoms with van der Waals surface area (Å²) >= 11 is 12.4. The maximum absolute atomic E-state index is 6.39. The molecule has 3 heteroatoms. The van der Waals surface area contributed by atoms with Crippen LogP contribution in [0.5, 0.6) is 0 Å². The van der Waals surface area contributed by atoms with Crippen molar-refractivity contribution in [3.63, 3.8) is 0 Å². The number of hydrogen-bond donors (Lipinski definition) is 1. The van der Waals surface area contributed by atoms with Gasteiger partial charge in [-0.25, -0.2) is 0 Å². The van der Waals surface area contributed by atoms with Gasteiger partial charge in [0.2, 0.25) is 0 Å². The van der Waals surface area contributed by atoms with E-state index >= 15 is 0 Å². The lowest BCUT2D eigenvalue weighted by molar-refractivity contribution is 0.179. The van der Waals surface area contributed by atoms with Crippen molar-refractivity contribution in [1.29, 1.82) is 0 Å². The third kappa shape index (κ3) is 5.16. The summed E-state index contributed by atoms with van der Waals surface area (Å²) in [5.41, 5.74) is 1.61. The van der Waals surface area contributed by atoms with Crippen molar-refractivity contribution in [3.05, 3.63) is 33.8 Å². The Labute approximate surface area is 139 Å². The Kier molecular flexibility index (Phi) is 6.40. The summed E-state index contributed by atoms with van der Waals surface area (Å²) in [6, 6.07) is 5.93. The maximum Gasteiger partial charge on any atom is 0.0453 e. The maximum atomic E-state index is 6.39. The predicted molar refractivity (Wildman–Crippen MR) is 93.4 cm³/mol. The first-order valence-electron chi connectivity index (χ1n) is 8.15. The Morgan fingerprint density at radius 2 is 1.86 bits per heavy atom. The van der Waals surface area contributed by atoms with Gasteiger partial charge in [-0.3, -0.25) is 0 Å². The van der Waals surface area contributed by atoms with Crippen molar-refractivity contribution >= 4 is 23.2 Å². The van der Waals surface area contributed by atoms with E-state index in [0.29, 0.717) is 11.3 Å². The lowest BCUT2D eigenvalue weighted by Gasteiger charge is -2.38. The zero-order valence-corrected chi connectivity index (χ0v) is 14.7. The van der Waals surface area contributed by atoms with E-state index in [1.165, 1.54) is 37.7 Å². The molecular formula is C18H27Cl2N. The molecule has 2 rings (SSSR count). The van der Waals surface area contributed by atoms with Crippen LogP contribution in [0.3, 0.4) is 0 Å². The molecule has 0 saturated heterocycles. The molecule has 1 fully saturated rings. The van der Waals surface area contributed by atoms with Crippen LogP contribution in [0, 0.1) is 11.3 Å². The van der Waals surface area contributed by atoms with Crippen LogP contribution < -0.4 is 5.32 Å². The fourth-order valence-corrected chi connectivity index (χ4v) is 3.89. The van der Waals surface area contributed by atoms with Gasteiger partial charge >= 0.3 is 0 Å². The average Bonchev–Trinajstić information content (AvgIpc) is 2.43. The quantitative estimate of drug-likeness (QED) is 0.703. The SMILES string of the molecule is CC(C)CNCC1(Cc2ccc(Cl)cc2Cl)CCCCC1. The van der Waals surface area contributed by atoms with Gasteiger partial charge in [0.05, 0.1) is 0 Å². The fourth-order valence-electron chi connectivity index (χ4n) is 3.41. The van der Waals surface area contributed by atoms with Crippen molar-refractivity contribution in [2.45, 2.75) is 52.4 Å². The van der Waals surface area contributed by atoms with Gasteiger partial charge in [0.1, 0.15) is 0 Å². The molecule has 1 saturated carbocycles. The van der Waals surface area contributed by atoms with Crippen molar-refractivity contribution in [3.8, 4) is 0 Å². The smallest absolute Gasteiger partial charge is 0.0453 e. The summed E-state index contributed by atoms with van der Waals surface area (Å²) in [5.74, 6) is 0.699. The molecule has 0 radical (unpaired) electrons. The van der Waals surface area contributed by atoms with Gasteiger partial charge in [0.25, 0.3) is 0 Å². The second kappa shape index (κ2) is 7.85. The van der Waals surface area contributed by atoms with E-state index in [1.807, 2.05) is 12.1 Å². The topological polar surface area (TPSA) is 12.0 Å². The zero-order valence-electron chi connectivity index (χ0n) is 13.2. The van der Waals surface area contributed by atoms with Gasteiger partial charge in [0.15, 0.2) is 0 Å². The van der Waals surface area contributed by atoms with Gasteiger partial charge in [-0.1, -0.05) is 62.4 Å². The molecule has 1 aromatic carbocycles. The minimum absolute atomic E-state index is 0.366. The highest BCUT2D eigenvalue weighted by Gasteiger charge is 2.32. The number of hydrogen-bond acceptors (Lipinski definition) is 1. The molecule has 0 aliphatic heterocycles. The molecule has 0 aromatic heterocycles. The van der Waals surface area contributed by atoms with E-state index in [1.54, 1.807) is 0 Å². The number of halogens is 2. The predicted octanol–water partition coefficient (Wildman–Crippen LogP) is 5.73. The number of rotatable bonds is 6. The van der Waals surface area contributed by atoms with E-state index in [2.05, 4.69) is 25.2 Å². The molecule has 1 aromatic rings. The van der Waals surface area contributed by atoms with Crippen molar-refractivity contribution < 1.29 is 0 Å². The number of nitrogens with one attached hydrogen (secondary N) is 1. The fraction of sp³-hybridized carbons (Fsp3) is 0.667. The molecule has 0 amide bonds. The van der Waals surface area contributed by atoms with Gasteiger partial charge in [-0.2, -0.15) is 0 Å². The van der Waals surface area contributed by atoms with Gasteiger partial charge in [-0.15, -0.1) is 0 Å². The monoisotopic (exact) mass is 327 g/mol. The first-order valence-corrected chi connectivity index (χ1v) is 8.91. The normalized spacial score (nSPS) is 18.1. The summed E-state index contributed by atoms with van der Waals surface area (Å²) < 4.78 is 0. The Morgan fingerprint density at radius 1 is 1.14 bits per heavy atom. The minimum Gasteiger partial charge on any atom is -0.316 e. The van der Waals surface area contributed by atoms with Crippen LogP contribution in [0.4, 0.5) is 0 Å². The molecule has 1 aliphatic carbocycles. The lowest BCUT2D eigenvalue weighted by atomic mass is 9.70. The van der Waals surface area contributed by atoms with Crippen LogP contribution >= 0.6 is 23.2 Å². The summed E-state index contributed by atoms with van der Waals surface area (Å²) in [6.07, 6.45) is 7.73. The zero-order chi connectivity index (χ0) is 15.3. The molecule has 0 unspecified atom stereocenters. The van der Waals surface area contributed by atoms with E-state index in [4.69, 9.17) is 23.2 Å². The molecule has 1 nitrogen and oxygen atoms in total. The third-order valence-electron chi connectivity index (χ3n) is 4.55. The highest BCUT2D eigenvalue weighted by molar-refractivity contribution is 6.35. The first kappa shape index (κ1) is 17.1. The molecule has 0 spiro atoms. The van der Waals surface area contributed by atoms with Crippen LogP contribution in [0.1, 0.15) is 51.5 Å². The second-order valence-electron chi connectivity index (χ2n) is 7.00. The summed E-state index contributed by atoms with van der Waals surface area (Å²) in [6.45, 7) is 6.72. The van der Waals surface area contributed by atoms with Gasteiger partial charge in [-0.05, 0) is 54.8 Å².